The molecular formula is C12H14ClN3O. The standard InChI is InChI=1S/C12H14ClN3O/c1-2-3-6-14-12(17)16-11-5-4-10(13)7-9(11)8-15-16/h4-5,7-8H,2-3,6H2,1H3,(H,14,17). The second-order valence-electron chi connectivity index (χ2n) is 3.84. The van der Waals surface area contributed by atoms with Crippen LogP contribution in [-0.4, -0.2) is 22.4 Å². The lowest BCUT2D eigenvalue weighted by molar-refractivity contribution is 0.240. The number of nitrogens with one attached hydrogen (secondary N) is 1. The van der Waals surface area contributed by atoms with E-state index in [-0.39, 0.29) is 6.03 Å². The Morgan fingerprint density at radius 2 is 2.35 bits per heavy atom. The van der Waals surface area contributed by atoms with Gasteiger partial charge in [0.1, 0.15) is 0 Å². The summed E-state index contributed by atoms with van der Waals surface area (Å²) in [6.07, 6.45) is 3.66. The molecule has 0 aliphatic rings. The summed E-state index contributed by atoms with van der Waals surface area (Å²) in [7, 11) is 0. The largest absolute Gasteiger partial charge is 0.342 e. The minimum Gasteiger partial charge on any atom is -0.336 e. The monoisotopic (exact) mass is 251 g/mol. The highest BCUT2D eigenvalue weighted by Crippen LogP contribution is 2.18. The average Bonchev–Trinajstić information content (AvgIpc) is 2.72. The van der Waals surface area contributed by atoms with Gasteiger partial charge in [-0.15, -0.1) is 0 Å². The SMILES string of the molecule is CCCCNC(=O)n1ncc2cc(Cl)ccc21. The molecule has 0 radical (unpaired) electrons. The van der Waals surface area contributed by atoms with E-state index in [1.54, 1.807) is 24.4 Å². The van der Waals surface area contributed by atoms with Gasteiger partial charge in [0.2, 0.25) is 0 Å². The fourth-order valence-electron chi connectivity index (χ4n) is 1.61. The van der Waals surface area contributed by atoms with Crippen molar-refractivity contribution >= 4 is 28.5 Å². The zero-order chi connectivity index (χ0) is 12.3. The summed E-state index contributed by atoms with van der Waals surface area (Å²) in [4.78, 5) is 11.8. The van der Waals surface area contributed by atoms with Gasteiger partial charge in [-0.2, -0.15) is 9.78 Å². The lowest BCUT2D eigenvalue weighted by Gasteiger charge is -2.04. The predicted molar refractivity (Wildman–Crippen MR) is 68.4 cm³/mol. The minimum atomic E-state index is -0.198. The van der Waals surface area contributed by atoms with Gasteiger partial charge < -0.3 is 5.32 Å². The van der Waals surface area contributed by atoms with E-state index in [4.69, 9.17) is 11.6 Å². The van der Waals surface area contributed by atoms with Crippen LogP contribution < -0.4 is 5.32 Å². The third kappa shape index (κ3) is 2.58. The van der Waals surface area contributed by atoms with Crippen LogP contribution in [0, 0.1) is 0 Å². The molecule has 0 spiro atoms. The molecule has 17 heavy (non-hydrogen) atoms. The number of rotatable bonds is 3. The third-order valence-corrected chi connectivity index (χ3v) is 2.76. The van der Waals surface area contributed by atoms with E-state index >= 15 is 0 Å². The van der Waals surface area contributed by atoms with E-state index in [0.29, 0.717) is 11.6 Å². The summed E-state index contributed by atoms with van der Waals surface area (Å²) in [5.74, 6) is 0. The molecule has 1 aromatic carbocycles. The van der Waals surface area contributed by atoms with Gasteiger partial charge in [-0.3, -0.25) is 0 Å². The summed E-state index contributed by atoms with van der Waals surface area (Å²) >= 11 is 5.87. The second-order valence-corrected chi connectivity index (χ2v) is 4.28. The van der Waals surface area contributed by atoms with Gasteiger partial charge in [0.05, 0.1) is 11.7 Å². The van der Waals surface area contributed by atoms with Gasteiger partial charge in [-0.1, -0.05) is 24.9 Å². The fourth-order valence-corrected chi connectivity index (χ4v) is 1.79. The van der Waals surface area contributed by atoms with Gasteiger partial charge >= 0.3 is 6.03 Å². The lowest BCUT2D eigenvalue weighted by atomic mass is 10.2. The molecule has 0 fully saturated rings. The Morgan fingerprint density at radius 1 is 1.53 bits per heavy atom. The summed E-state index contributed by atoms with van der Waals surface area (Å²) in [6.45, 7) is 2.75. The van der Waals surface area contributed by atoms with Crippen LogP contribution in [0.4, 0.5) is 4.79 Å². The number of amides is 1. The Labute approximate surface area is 105 Å². The van der Waals surface area contributed by atoms with Crippen LogP contribution in [0.3, 0.4) is 0 Å². The number of hydrogen-bond donors (Lipinski definition) is 1. The number of carbonyl (C=O) groups excluding carboxylic acids is 1. The van der Waals surface area contributed by atoms with Crippen molar-refractivity contribution < 1.29 is 4.79 Å². The van der Waals surface area contributed by atoms with Crippen LogP contribution in [0.25, 0.3) is 10.9 Å². The first-order chi connectivity index (χ1) is 8.22. The first-order valence-electron chi connectivity index (χ1n) is 5.64. The molecule has 0 aliphatic heterocycles. The van der Waals surface area contributed by atoms with E-state index < -0.39 is 0 Å². The Bertz CT molecular complexity index is 536. The molecule has 1 heterocycles. The number of halogens is 1. The summed E-state index contributed by atoms with van der Waals surface area (Å²) in [6, 6.07) is 5.14. The van der Waals surface area contributed by atoms with E-state index in [9.17, 15) is 4.79 Å². The molecule has 0 bridgehead atoms. The molecule has 0 unspecified atom stereocenters. The maximum atomic E-state index is 11.8. The molecule has 1 aromatic heterocycles. The zero-order valence-electron chi connectivity index (χ0n) is 9.61. The fraction of sp³-hybridized carbons (Fsp3) is 0.333. The number of unbranched alkanes of at least 4 members (excludes halogenated alkanes) is 1. The molecule has 1 amide bonds. The Kier molecular flexibility index (Phi) is 3.64. The van der Waals surface area contributed by atoms with Crippen molar-refractivity contribution in [2.75, 3.05) is 6.54 Å². The lowest BCUT2D eigenvalue weighted by Crippen LogP contribution is -2.29. The topological polar surface area (TPSA) is 46.9 Å². The minimum absolute atomic E-state index is 0.198. The molecule has 0 saturated carbocycles. The van der Waals surface area contributed by atoms with Crippen LogP contribution in [0.1, 0.15) is 19.8 Å². The zero-order valence-corrected chi connectivity index (χ0v) is 10.4. The predicted octanol–water partition coefficient (Wildman–Crippen LogP) is 3.05. The van der Waals surface area contributed by atoms with Gasteiger partial charge in [-0.05, 0) is 24.6 Å². The van der Waals surface area contributed by atoms with Gasteiger partial charge in [0.25, 0.3) is 0 Å². The molecule has 0 saturated heterocycles. The molecular weight excluding hydrogens is 238 g/mol. The number of fused-ring (bicyclic) bond motifs is 1. The average molecular weight is 252 g/mol. The number of aromatic nitrogens is 2. The van der Waals surface area contributed by atoms with Crippen molar-refractivity contribution in [3.63, 3.8) is 0 Å². The van der Waals surface area contributed by atoms with E-state index in [2.05, 4.69) is 17.3 Å². The number of benzene rings is 1. The molecule has 0 aliphatic carbocycles. The maximum absolute atomic E-state index is 11.8. The molecule has 90 valence electrons. The highest BCUT2D eigenvalue weighted by atomic mass is 35.5. The van der Waals surface area contributed by atoms with Crippen molar-refractivity contribution in [1.29, 1.82) is 0 Å². The first kappa shape index (κ1) is 11.9. The highest BCUT2D eigenvalue weighted by molar-refractivity contribution is 6.31. The maximum Gasteiger partial charge on any atom is 0.342 e. The Balaban J connectivity index is 2.21. The number of nitrogens with zero attached hydrogens (tertiary/aromatic N) is 2. The molecule has 2 aromatic rings. The molecule has 2 rings (SSSR count). The van der Waals surface area contributed by atoms with Crippen molar-refractivity contribution in [2.24, 2.45) is 0 Å². The van der Waals surface area contributed by atoms with Gasteiger partial charge in [0, 0.05) is 17.0 Å². The van der Waals surface area contributed by atoms with Crippen molar-refractivity contribution in [3.8, 4) is 0 Å². The summed E-state index contributed by atoms with van der Waals surface area (Å²) in [5.41, 5.74) is 0.767. The van der Waals surface area contributed by atoms with Crippen LogP contribution in [0.2, 0.25) is 5.02 Å². The molecule has 4 nitrogen and oxygen atoms in total. The third-order valence-electron chi connectivity index (χ3n) is 2.53. The van der Waals surface area contributed by atoms with Crippen molar-refractivity contribution in [1.82, 2.24) is 15.1 Å². The summed E-state index contributed by atoms with van der Waals surface area (Å²) < 4.78 is 1.36. The Hall–Kier alpha value is -1.55. The van der Waals surface area contributed by atoms with Crippen molar-refractivity contribution in [2.45, 2.75) is 19.8 Å². The Morgan fingerprint density at radius 3 is 3.12 bits per heavy atom. The summed E-state index contributed by atoms with van der Waals surface area (Å²) in [5, 5.41) is 8.39. The van der Waals surface area contributed by atoms with Crippen LogP contribution >= 0.6 is 11.6 Å². The van der Waals surface area contributed by atoms with Crippen LogP contribution in [0.15, 0.2) is 24.4 Å². The van der Waals surface area contributed by atoms with Crippen LogP contribution in [0.5, 0.6) is 0 Å². The van der Waals surface area contributed by atoms with E-state index in [1.165, 1.54) is 4.68 Å². The van der Waals surface area contributed by atoms with E-state index in [0.717, 1.165) is 23.7 Å². The van der Waals surface area contributed by atoms with Gasteiger partial charge in [-0.25, -0.2) is 4.79 Å². The smallest absolute Gasteiger partial charge is 0.336 e. The quantitative estimate of drug-likeness (QED) is 0.853. The number of carbonyl (C=O) groups is 1. The normalized spacial score (nSPS) is 10.7. The van der Waals surface area contributed by atoms with E-state index in [1.807, 2.05) is 0 Å². The van der Waals surface area contributed by atoms with Crippen LogP contribution in [-0.2, 0) is 0 Å². The number of hydrogen-bond acceptors (Lipinski definition) is 2. The molecule has 5 heteroatoms. The van der Waals surface area contributed by atoms with Crippen molar-refractivity contribution in [3.05, 3.63) is 29.4 Å². The van der Waals surface area contributed by atoms with Gasteiger partial charge in [0.15, 0.2) is 0 Å². The highest BCUT2D eigenvalue weighted by Gasteiger charge is 2.09. The molecule has 1 N–H and O–H groups in total. The second kappa shape index (κ2) is 5.19. The molecule has 0 atom stereocenters. The first-order valence-corrected chi connectivity index (χ1v) is 6.01.